The first kappa shape index (κ1) is 15.7. The summed E-state index contributed by atoms with van der Waals surface area (Å²) in [6.45, 7) is 2.63. The summed E-state index contributed by atoms with van der Waals surface area (Å²) >= 11 is 6.92. The minimum atomic E-state index is -0.360. The topological polar surface area (TPSA) is 26.3 Å². The van der Waals surface area contributed by atoms with Crippen LogP contribution in [-0.4, -0.2) is 17.4 Å². The van der Waals surface area contributed by atoms with E-state index in [-0.39, 0.29) is 15.6 Å². The van der Waals surface area contributed by atoms with Crippen LogP contribution in [0.2, 0.25) is 0 Å². The molecular formula is C14H18Br2O2. The van der Waals surface area contributed by atoms with Gasteiger partial charge in [-0.15, -0.1) is 0 Å². The highest BCUT2D eigenvalue weighted by atomic mass is 79.9. The number of hydrogen-bond donors (Lipinski definition) is 0. The molecule has 2 nitrogen and oxygen atoms in total. The van der Waals surface area contributed by atoms with E-state index in [2.05, 4.69) is 38.8 Å². The highest BCUT2D eigenvalue weighted by molar-refractivity contribution is 9.12. The Morgan fingerprint density at radius 2 is 1.89 bits per heavy atom. The number of rotatable bonds is 7. The number of unbranched alkanes of at least 4 members (excludes halogenated alkanes) is 2. The van der Waals surface area contributed by atoms with Crippen molar-refractivity contribution in [3.05, 3.63) is 35.9 Å². The Bertz CT molecular complexity index is 354. The van der Waals surface area contributed by atoms with Crippen molar-refractivity contribution in [1.82, 2.24) is 0 Å². The van der Waals surface area contributed by atoms with Gasteiger partial charge in [0.05, 0.1) is 11.4 Å². The molecule has 0 fully saturated rings. The second-order valence-corrected chi connectivity index (χ2v) is 6.06. The van der Waals surface area contributed by atoms with E-state index in [4.69, 9.17) is 4.74 Å². The molecule has 0 N–H and O–H groups in total. The van der Waals surface area contributed by atoms with E-state index in [1.807, 2.05) is 30.3 Å². The summed E-state index contributed by atoms with van der Waals surface area (Å²) in [6.07, 6.45) is 3.15. The number of carbonyl (C=O) groups excluding carboxylic acids is 1. The lowest BCUT2D eigenvalue weighted by molar-refractivity contribution is -0.142. The van der Waals surface area contributed by atoms with Gasteiger partial charge in [-0.3, -0.25) is 4.79 Å². The van der Waals surface area contributed by atoms with Gasteiger partial charge >= 0.3 is 5.97 Å². The van der Waals surface area contributed by atoms with Crippen molar-refractivity contribution in [2.75, 3.05) is 6.61 Å². The van der Waals surface area contributed by atoms with Crippen LogP contribution in [-0.2, 0) is 9.53 Å². The summed E-state index contributed by atoms with van der Waals surface area (Å²) in [6, 6.07) is 9.83. The molecule has 0 aliphatic heterocycles. The summed E-state index contributed by atoms with van der Waals surface area (Å²) in [7, 11) is 0. The van der Waals surface area contributed by atoms with E-state index in [1.165, 1.54) is 0 Å². The highest BCUT2D eigenvalue weighted by Crippen LogP contribution is 2.31. The van der Waals surface area contributed by atoms with Gasteiger partial charge in [-0.1, -0.05) is 82.0 Å². The van der Waals surface area contributed by atoms with Crippen molar-refractivity contribution in [2.24, 2.45) is 0 Å². The number of esters is 1. The van der Waals surface area contributed by atoms with Gasteiger partial charge in [0.1, 0.15) is 4.83 Å². The van der Waals surface area contributed by atoms with Crippen LogP contribution in [0.1, 0.15) is 36.6 Å². The van der Waals surface area contributed by atoms with Crippen molar-refractivity contribution in [3.63, 3.8) is 0 Å². The number of carbonyl (C=O) groups is 1. The molecule has 18 heavy (non-hydrogen) atoms. The first-order valence-corrected chi connectivity index (χ1v) is 7.99. The van der Waals surface area contributed by atoms with Gasteiger partial charge in [-0.2, -0.15) is 0 Å². The average molecular weight is 378 g/mol. The van der Waals surface area contributed by atoms with E-state index in [1.54, 1.807) is 0 Å². The second kappa shape index (κ2) is 8.70. The SMILES string of the molecule is CCCCCOC(=O)[C@@H](Br)[C@@H](Br)c1ccccc1. The van der Waals surface area contributed by atoms with E-state index >= 15 is 0 Å². The van der Waals surface area contributed by atoms with Crippen LogP contribution < -0.4 is 0 Å². The van der Waals surface area contributed by atoms with Crippen LogP contribution in [0, 0.1) is 0 Å². The van der Waals surface area contributed by atoms with Crippen LogP contribution >= 0.6 is 31.9 Å². The van der Waals surface area contributed by atoms with Crippen molar-refractivity contribution in [2.45, 2.75) is 35.8 Å². The third-order valence-electron chi connectivity index (χ3n) is 2.59. The van der Waals surface area contributed by atoms with E-state index in [9.17, 15) is 4.79 Å². The van der Waals surface area contributed by atoms with Gasteiger partial charge in [0, 0.05) is 0 Å². The lowest BCUT2D eigenvalue weighted by Gasteiger charge is -2.16. The van der Waals surface area contributed by atoms with Crippen LogP contribution in [0.3, 0.4) is 0 Å². The molecule has 0 spiro atoms. The summed E-state index contributed by atoms with van der Waals surface area (Å²) in [5.74, 6) is -0.211. The Kier molecular flexibility index (Phi) is 7.59. The lowest BCUT2D eigenvalue weighted by atomic mass is 10.1. The van der Waals surface area contributed by atoms with Crippen molar-refractivity contribution in [3.8, 4) is 0 Å². The molecule has 1 aromatic carbocycles. The number of benzene rings is 1. The summed E-state index contributed by atoms with van der Waals surface area (Å²) in [4.78, 5) is 11.4. The quantitative estimate of drug-likeness (QED) is 0.393. The molecule has 0 aromatic heterocycles. The third-order valence-corrected chi connectivity index (χ3v) is 5.26. The van der Waals surface area contributed by atoms with Gasteiger partial charge in [0.25, 0.3) is 0 Å². The molecule has 0 aliphatic carbocycles. The normalized spacial score (nSPS) is 13.9. The maximum atomic E-state index is 11.8. The number of alkyl halides is 2. The van der Waals surface area contributed by atoms with Crippen molar-refractivity contribution >= 4 is 37.8 Å². The molecule has 0 aliphatic rings. The van der Waals surface area contributed by atoms with Crippen molar-refractivity contribution in [1.29, 1.82) is 0 Å². The molecule has 0 amide bonds. The predicted octanol–water partition coefficient (Wildman–Crippen LogP) is 4.62. The van der Waals surface area contributed by atoms with E-state index in [0.717, 1.165) is 24.8 Å². The Labute approximate surface area is 125 Å². The second-order valence-electron chi connectivity index (χ2n) is 4.09. The summed E-state index contributed by atoms with van der Waals surface area (Å²) in [5, 5.41) is 0. The largest absolute Gasteiger partial charge is 0.465 e. The van der Waals surface area contributed by atoms with Gasteiger partial charge in [-0.25, -0.2) is 0 Å². The smallest absolute Gasteiger partial charge is 0.321 e. The van der Waals surface area contributed by atoms with Crippen LogP contribution in [0.15, 0.2) is 30.3 Å². The van der Waals surface area contributed by atoms with E-state index in [0.29, 0.717) is 6.61 Å². The molecule has 2 atom stereocenters. The summed E-state index contributed by atoms with van der Waals surface area (Å²) < 4.78 is 5.23. The number of halogens is 2. The lowest BCUT2D eigenvalue weighted by Crippen LogP contribution is -2.22. The fraction of sp³-hybridized carbons (Fsp3) is 0.500. The van der Waals surface area contributed by atoms with Gasteiger partial charge in [0.15, 0.2) is 0 Å². The molecule has 0 unspecified atom stereocenters. The molecule has 0 bridgehead atoms. The highest BCUT2D eigenvalue weighted by Gasteiger charge is 2.26. The molecular weight excluding hydrogens is 360 g/mol. The predicted molar refractivity (Wildman–Crippen MR) is 81.3 cm³/mol. The molecule has 0 radical (unpaired) electrons. The third kappa shape index (κ3) is 5.11. The molecule has 1 aromatic rings. The molecule has 4 heteroatoms. The number of ether oxygens (including phenoxy) is 1. The van der Waals surface area contributed by atoms with Gasteiger partial charge < -0.3 is 4.74 Å². The van der Waals surface area contributed by atoms with Crippen molar-refractivity contribution < 1.29 is 9.53 Å². The standard InChI is InChI=1S/C14H18Br2O2/c1-2-3-7-10-18-14(17)13(16)12(15)11-8-5-4-6-9-11/h4-6,8-9,12-13H,2-3,7,10H2,1H3/t12-,13-/m0/s1. The minimum Gasteiger partial charge on any atom is -0.465 e. The zero-order valence-electron chi connectivity index (χ0n) is 10.4. The fourth-order valence-electron chi connectivity index (χ4n) is 1.53. The van der Waals surface area contributed by atoms with Gasteiger partial charge in [-0.05, 0) is 12.0 Å². The van der Waals surface area contributed by atoms with Crippen LogP contribution in [0.4, 0.5) is 0 Å². The average Bonchev–Trinajstić information content (AvgIpc) is 2.42. The Balaban J connectivity index is 2.43. The fourth-order valence-corrected chi connectivity index (χ4v) is 2.49. The summed E-state index contributed by atoms with van der Waals surface area (Å²) in [5.41, 5.74) is 1.06. The Morgan fingerprint density at radius 1 is 1.22 bits per heavy atom. The van der Waals surface area contributed by atoms with Crippen LogP contribution in [0.25, 0.3) is 0 Å². The molecule has 0 saturated heterocycles. The monoisotopic (exact) mass is 376 g/mol. The maximum Gasteiger partial charge on any atom is 0.321 e. The molecule has 1 rings (SSSR count). The molecule has 0 saturated carbocycles. The zero-order valence-corrected chi connectivity index (χ0v) is 13.6. The maximum absolute atomic E-state index is 11.8. The Morgan fingerprint density at radius 3 is 2.50 bits per heavy atom. The first-order chi connectivity index (χ1) is 8.66. The minimum absolute atomic E-state index is 0.0719. The Hall–Kier alpha value is -0.350. The first-order valence-electron chi connectivity index (χ1n) is 6.16. The van der Waals surface area contributed by atoms with Crippen LogP contribution in [0.5, 0.6) is 0 Å². The van der Waals surface area contributed by atoms with E-state index < -0.39 is 0 Å². The zero-order chi connectivity index (χ0) is 13.4. The number of hydrogen-bond acceptors (Lipinski definition) is 2. The van der Waals surface area contributed by atoms with Gasteiger partial charge in [0.2, 0.25) is 0 Å². The molecule has 100 valence electrons. The molecule has 0 heterocycles.